The summed E-state index contributed by atoms with van der Waals surface area (Å²) in [6.45, 7) is -3.11. The molecule has 2 N–H and O–H groups in total. The molecule has 0 radical (unpaired) electrons. The Morgan fingerprint density at radius 1 is 1.07 bits per heavy atom. The Bertz CT molecular complexity index is 1690. The topological polar surface area (TPSA) is 115 Å². The maximum atomic E-state index is 13.1. The molecule has 1 saturated carbocycles. The third-order valence-electron chi connectivity index (χ3n) is 6.62. The molecule has 1 aliphatic carbocycles. The fraction of sp³-hybridized carbons (Fsp3) is 0.269. The summed E-state index contributed by atoms with van der Waals surface area (Å²) in [6.07, 6.45) is 1.01. The van der Waals surface area contributed by atoms with E-state index in [-0.39, 0.29) is 29.0 Å². The second kappa shape index (κ2) is 9.62. The first-order chi connectivity index (χ1) is 19.1. The molecule has 1 unspecified atom stereocenters. The fourth-order valence-electron chi connectivity index (χ4n) is 4.56. The monoisotopic (exact) mass is 557 g/mol. The van der Waals surface area contributed by atoms with E-state index in [1.807, 2.05) is 0 Å². The number of nitrogens with one attached hydrogen (secondary N) is 1. The fourth-order valence-corrected chi connectivity index (χ4v) is 4.56. The summed E-state index contributed by atoms with van der Waals surface area (Å²) in [7, 11) is 1.47. The van der Waals surface area contributed by atoms with Crippen molar-refractivity contribution in [2.45, 2.75) is 37.7 Å². The standard InChI is InChI=1S/C26H20F5N7O2/c1-38-10-17(26(29,30)31)36-23(38)14-6-4-13(5-7-14)21(39)15-8-32-16-9-33-22(37-20(15)16)18-19(12-2-3-12)34-11-35-24(18)40-25(27)28/h4-12,21,25,32,39H,2-3H2,1H3. The van der Waals surface area contributed by atoms with Gasteiger partial charge in [-0.15, -0.1) is 0 Å². The van der Waals surface area contributed by atoms with Crippen LogP contribution >= 0.6 is 0 Å². The molecule has 9 nitrogen and oxygen atoms in total. The van der Waals surface area contributed by atoms with Crippen LogP contribution in [-0.4, -0.2) is 46.2 Å². The smallest absolute Gasteiger partial charge is 0.416 e. The molecule has 0 spiro atoms. The molecule has 4 aromatic heterocycles. The average molecular weight is 557 g/mol. The second-order valence-electron chi connectivity index (χ2n) is 9.37. The zero-order valence-electron chi connectivity index (χ0n) is 20.7. The lowest BCUT2D eigenvalue weighted by Gasteiger charge is -2.13. The van der Waals surface area contributed by atoms with Crippen molar-refractivity contribution >= 4 is 11.0 Å². The van der Waals surface area contributed by atoms with E-state index < -0.39 is 24.6 Å². The van der Waals surface area contributed by atoms with E-state index in [4.69, 9.17) is 0 Å². The van der Waals surface area contributed by atoms with E-state index in [1.54, 1.807) is 30.5 Å². The third kappa shape index (κ3) is 4.74. The third-order valence-corrected chi connectivity index (χ3v) is 6.62. The Hall–Kier alpha value is -4.46. The predicted octanol–water partition coefficient (Wildman–Crippen LogP) is 5.39. The Morgan fingerprint density at radius 3 is 2.48 bits per heavy atom. The molecular formula is C26H20F5N7O2. The number of hydrogen-bond acceptors (Lipinski definition) is 7. The molecule has 0 bridgehead atoms. The number of aryl methyl sites for hydroxylation is 1. The minimum absolute atomic E-state index is 0.0537. The zero-order valence-corrected chi connectivity index (χ0v) is 20.7. The number of halogens is 5. The van der Waals surface area contributed by atoms with Crippen molar-refractivity contribution in [2.75, 3.05) is 0 Å². The van der Waals surface area contributed by atoms with Crippen molar-refractivity contribution < 1.29 is 31.8 Å². The number of H-pyrrole nitrogens is 1. The molecule has 14 heteroatoms. The van der Waals surface area contributed by atoms with Crippen molar-refractivity contribution in [3.8, 4) is 28.7 Å². The van der Waals surface area contributed by atoms with Crippen molar-refractivity contribution in [2.24, 2.45) is 7.05 Å². The molecule has 5 aromatic rings. The lowest BCUT2D eigenvalue weighted by atomic mass is 10.0. The van der Waals surface area contributed by atoms with Gasteiger partial charge in [0.1, 0.15) is 23.8 Å². The van der Waals surface area contributed by atoms with Gasteiger partial charge in [-0.2, -0.15) is 22.0 Å². The van der Waals surface area contributed by atoms with Gasteiger partial charge >= 0.3 is 12.8 Å². The molecule has 0 saturated heterocycles. The summed E-state index contributed by atoms with van der Waals surface area (Å²) in [4.78, 5) is 23.7. The van der Waals surface area contributed by atoms with Crippen LogP contribution in [0.15, 0.2) is 49.2 Å². The summed E-state index contributed by atoms with van der Waals surface area (Å²) in [5.41, 5.74) is 1.77. The maximum absolute atomic E-state index is 13.1. The highest BCUT2D eigenvalue weighted by Gasteiger charge is 2.35. The highest BCUT2D eigenvalue weighted by atomic mass is 19.4. The van der Waals surface area contributed by atoms with Gasteiger partial charge in [0.05, 0.1) is 22.9 Å². The molecule has 1 aromatic carbocycles. The Morgan fingerprint density at radius 2 is 1.82 bits per heavy atom. The largest absolute Gasteiger partial charge is 0.434 e. The van der Waals surface area contributed by atoms with Gasteiger partial charge in [-0.3, -0.25) is 0 Å². The Labute approximate surface area is 222 Å². The van der Waals surface area contributed by atoms with Crippen LogP contribution in [0.4, 0.5) is 22.0 Å². The Kier molecular flexibility index (Phi) is 6.21. The number of benzene rings is 1. The first-order valence-corrected chi connectivity index (χ1v) is 12.1. The molecule has 1 aliphatic rings. The number of hydrogen-bond donors (Lipinski definition) is 2. The van der Waals surface area contributed by atoms with E-state index in [0.717, 1.165) is 25.4 Å². The quantitative estimate of drug-likeness (QED) is 0.258. The van der Waals surface area contributed by atoms with Crippen molar-refractivity contribution in [1.82, 2.24) is 34.5 Å². The molecular weight excluding hydrogens is 537 g/mol. The van der Waals surface area contributed by atoms with Gasteiger partial charge < -0.3 is 19.4 Å². The van der Waals surface area contributed by atoms with Crippen molar-refractivity contribution in [3.63, 3.8) is 0 Å². The van der Waals surface area contributed by atoms with Crippen LogP contribution < -0.4 is 4.74 Å². The molecule has 40 heavy (non-hydrogen) atoms. The zero-order chi connectivity index (χ0) is 28.2. The normalized spacial score (nSPS) is 14.7. The van der Waals surface area contributed by atoms with E-state index in [1.165, 1.54) is 17.8 Å². The van der Waals surface area contributed by atoms with Gasteiger partial charge in [0.2, 0.25) is 5.88 Å². The number of aliphatic hydroxyl groups excluding tert-OH is 1. The summed E-state index contributed by atoms with van der Waals surface area (Å²) >= 11 is 0. The summed E-state index contributed by atoms with van der Waals surface area (Å²) in [5.74, 6) is -0.0824. The number of nitrogens with zero attached hydrogens (tertiary/aromatic N) is 6. The van der Waals surface area contributed by atoms with Crippen LogP contribution in [0.2, 0.25) is 0 Å². The second-order valence-corrected chi connectivity index (χ2v) is 9.37. The first kappa shape index (κ1) is 25.8. The van der Waals surface area contributed by atoms with Gasteiger partial charge in [0.15, 0.2) is 11.5 Å². The molecule has 1 fully saturated rings. The molecule has 0 aliphatic heterocycles. The number of alkyl halides is 5. The highest BCUT2D eigenvalue weighted by Crippen LogP contribution is 2.45. The van der Waals surface area contributed by atoms with Crippen LogP contribution in [0.25, 0.3) is 33.8 Å². The molecule has 6 rings (SSSR count). The SMILES string of the molecule is Cn1cc(C(F)(F)F)nc1-c1ccc(C(O)c2c[nH]c3cnc(-c4c(OC(F)F)ncnc4C4CC4)nc23)cc1. The summed E-state index contributed by atoms with van der Waals surface area (Å²) in [5, 5.41) is 11.2. The number of ether oxygens (including phenoxy) is 1. The number of aliphatic hydroxyl groups is 1. The minimum atomic E-state index is -4.57. The van der Waals surface area contributed by atoms with E-state index in [2.05, 4.69) is 34.6 Å². The first-order valence-electron chi connectivity index (χ1n) is 12.1. The van der Waals surface area contributed by atoms with Crippen LogP contribution in [0, 0.1) is 0 Å². The number of imidazole rings is 1. The van der Waals surface area contributed by atoms with Gasteiger partial charge in [0.25, 0.3) is 0 Å². The van der Waals surface area contributed by atoms with Gasteiger partial charge in [-0.05, 0) is 18.4 Å². The van der Waals surface area contributed by atoms with Crippen LogP contribution in [0.1, 0.15) is 47.4 Å². The number of aromatic nitrogens is 7. The molecule has 0 amide bonds. The van der Waals surface area contributed by atoms with Gasteiger partial charge in [-0.25, -0.2) is 24.9 Å². The summed E-state index contributed by atoms with van der Waals surface area (Å²) < 4.78 is 71.3. The maximum Gasteiger partial charge on any atom is 0.434 e. The van der Waals surface area contributed by atoms with Crippen LogP contribution in [0.3, 0.4) is 0 Å². The molecule has 206 valence electrons. The van der Waals surface area contributed by atoms with E-state index >= 15 is 0 Å². The number of fused-ring (bicyclic) bond motifs is 1. The lowest BCUT2D eigenvalue weighted by Crippen LogP contribution is -2.08. The van der Waals surface area contributed by atoms with Crippen LogP contribution in [0.5, 0.6) is 5.88 Å². The van der Waals surface area contributed by atoms with E-state index in [9.17, 15) is 27.1 Å². The average Bonchev–Trinajstić information content (AvgIpc) is 3.56. The predicted molar refractivity (Wildman–Crippen MR) is 131 cm³/mol. The van der Waals surface area contributed by atoms with Gasteiger partial charge in [0, 0.05) is 36.5 Å². The van der Waals surface area contributed by atoms with Crippen molar-refractivity contribution in [3.05, 3.63) is 71.7 Å². The van der Waals surface area contributed by atoms with Crippen LogP contribution in [-0.2, 0) is 13.2 Å². The number of aromatic amines is 1. The number of rotatable bonds is 7. The molecule has 1 atom stereocenters. The highest BCUT2D eigenvalue weighted by molar-refractivity contribution is 5.82. The van der Waals surface area contributed by atoms with E-state index in [0.29, 0.717) is 33.4 Å². The summed E-state index contributed by atoms with van der Waals surface area (Å²) in [6, 6.07) is 6.28. The minimum Gasteiger partial charge on any atom is -0.416 e. The Balaban J connectivity index is 1.35. The lowest BCUT2D eigenvalue weighted by molar-refractivity contribution is -0.140. The molecule has 4 heterocycles. The van der Waals surface area contributed by atoms with Crippen molar-refractivity contribution in [1.29, 1.82) is 0 Å². The van der Waals surface area contributed by atoms with Gasteiger partial charge in [-0.1, -0.05) is 24.3 Å².